The zero-order valence-corrected chi connectivity index (χ0v) is 21.4. The first-order valence-electron chi connectivity index (χ1n) is 13.5. The Morgan fingerprint density at radius 2 is 1.92 bits per heavy atom. The number of nitrogens with two attached hydrogens (primary N) is 1. The average molecular weight is 499 g/mol. The van der Waals surface area contributed by atoms with Gasteiger partial charge < -0.3 is 25.1 Å². The standard InChI is InChI=1S/C29H34N6O2/c1-29(2)36-25-20(14-23(26(25)37-29)35-12-11-21-27(30)32-16-33-28(21)35)8-6-17-5-7-19-9-10-24(34-22(19)13-17)31-15-18-3-4-18/h5,7,9-13,16,18,20,23,25-26H,3-4,6,8,14-15H2,1-2H3,(H,31,34)(H2,30,32,33)/t20?,23?,25-,26+/m1/s1. The van der Waals surface area contributed by atoms with E-state index in [1.54, 1.807) is 0 Å². The Kier molecular flexibility index (Phi) is 5.37. The third-order valence-electron chi connectivity index (χ3n) is 8.28. The molecule has 8 nitrogen and oxygen atoms in total. The van der Waals surface area contributed by atoms with Gasteiger partial charge in [-0.1, -0.05) is 12.1 Å². The highest BCUT2D eigenvalue weighted by Crippen LogP contribution is 2.49. The summed E-state index contributed by atoms with van der Waals surface area (Å²) in [4.78, 5) is 13.6. The Balaban J connectivity index is 1.11. The van der Waals surface area contributed by atoms with Gasteiger partial charge in [-0.15, -0.1) is 0 Å². The lowest BCUT2D eigenvalue weighted by atomic mass is 9.95. The van der Waals surface area contributed by atoms with Gasteiger partial charge in [0.2, 0.25) is 0 Å². The molecule has 37 heavy (non-hydrogen) atoms. The molecule has 7 rings (SSSR count). The SMILES string of the molecule is CC1(C)O[C@@H]2C(CCc3ccc4ccc(NCC5CC5)nc4c3)CC(n3ccc4c(N)ncnc43)[C@@H]2O1. The van der Waals surface area contributed by atoms with Crippen molar-refractivity contribution in [1.82, 2.24) is 19.5 Å². The second kappa shape index (κ2) is 8.67. The molecule has 1 aromatic carbocycles. The molecule has 4 atom stereocenters. The number of nitrogens with one attached hydrogen (secondary N) is 1. The van der Waals surface area contributed by atoms with E-state index >= 15 is 0 Å². The molecule has 2 aliphatic carbocycles. The van der Waals surface area contributed by atoms with E-state index in [1.165, 1.54) is 30.1 Å². The predicted octanol–water partition coefficient (Wildman–Crippen LogP) is 5.10. The molecule has 4 aromatic rings. The van der Waals surface area contributed by atoms with Crippen LogP contribution in [0, 0.1) is 11.8 Å². The van der Waals surface area contributed by atoms with Gasteiger partial charge in [0.15, 0.2) is 5.79 Å². The van der Waals surface area contributed by atoms with Gasteiger partial charge in [-0.3, -0.25) is 0 Å². The first kappa shape index (κ1) is 22.9. The fourth-order valence-electron chi connectivity index (χ4n) is 6.21. The fourth-order valence-corrected chi connectivity index (χ4v) is 6.21. The van der Waals surface area contributed by atoms with Gasteiger partial charge in [0, 0.05) is 18.1 Å². The predicted molar refractivity (Wildman–Crippen MR) is 144 cm³/mol. The molecule has 0 radical (unpaired) electrons. The maximum atomic E-state index is 6.46. The van der Waals surface area contributed by atoms with Crippen molar-refractivity contribution in [2.24, 2.45) is 11.8 Å². The molecule has 3 fully saturated rings. The number of pyridine rings is 1. The number of rotatable bonds is 7. The van der Waals surface area contributed by atoms with Crippen LogP contribution < -0.4 is 11.1 Å². The lowest BCUT2D eigenvalue weighted by Gasteiger charge is -2.24. The van der Waals surface area contributed by atoms with E-state index in [9.17, 15) is 0 Å². The van der Waals surface area contributed by atoms with Crippen LogP contribution in [0.4, 0.5) is 11.6 Å². The summed E-state index contributed by atoms with van der Waals surface area (Å²) < 4.78 is 15.1. The number of benzene rings is 1. The van der Waals surface area contributed by atoms with Crippen molar-refractivity contribution < 1.29 is 9.47 Å². The van der Waals surface area contributed by atoms with E-state index in [0.29, 0.717) is 11.7 Å². The number of nitrogens with zero attached hydrogens (tertiary/aromatic N) is 4. The first-order chi connectivity index (χ1) is 17.9. The van der Waals surface area contributed by atoms with Crippen molar-refractivity contribution >= 4 is 33.6 Å². The van der Waals surface area contributed by atoms with Gasteiger partial charge in [-0.25, -0.2) is 15.0 Å². The van der Waals surface area contributed by atoms with E-state index in [1.807, 2.05) is 19.9 Å². The Bertz CT molecular complexity index is 1460. The van der Waals surface area contributed by atoms with E-state index < -0.39 is 5.79 Å². The van der Waals surface area contributed by atoms with Crippen molar-refractivity contribution in [3.05, 3.63) is 54.5 Å². The summed E-state index contributed by atoms with van der Waals surface area (Å²) in [5.41, 5.74) is 9.33. The first-order valence-corrected chi connectivity index (χ1v) is 13.5. The lowest BCUT2D eigenvalue weighted by molar-refractivity contribution is -0.160. The third-order valence-corrected chi connectivity index (χ3v) is 8.28. The quantitative estimate of drug-likeness (QED) is 0.366. The Labute approximate surface area is 216 Å². The molecule has 3 aliphatic rings. The zero-order chi connectivity index (χ0) is 25.1. The van der Waals surface area contributed by atoms with Crippen LogP contribution in [0.25, 0.3) is 21.9 Å². The summed E-state index contributed by atoms with van der Waals surface area (Å²) in [5.74, 6) is 2.09. The van der Waals surface area contributed by atoms with Gasteiger partial charge in [0.25, 0.3) is 0 Å². The minimum absolute atomic E-state index is 0.0230. The second-order valence-electron chi connectivity index (χ2n) is 11.4. The Hall–Kier alpha value is -3.23. The molecule has 4 heterocycles. The number of hydrogen-bond donors (Lipinski definition) is 2. The summed E-state index contributed by atoms with van der Waals surface area (Å²) >= 11 is 0. The smallest absolute Gasteiger partial charge is 0.163 e. The molecule has 2 unspecified atom stereocenters. The van der Waals surface area contributed by atoms with Gasteiger partial charge >= 0.3 is 0 Å². The monoisotopic (exact) mass is 498 g/mol. The van der Waals surface area contributed by atoms with Crippen LogP contribution >= 0.6 is 0 Å². The van der Waals surface area contributed by atoms with Crippen molar-refractivity contribution in [3.63, 3.8) is 0 Å². The highest BCUT2D eigenvalue weighted by molar-refractivity contribution is 5.86. The number of nitrogen functional groups attached to an aromatic ring is 1. The number of anilines is 2. The van der Waals surface area contributed by atoms with Gasteiger partial charge in [-0.05, 0) is 87.6 Å². The highest BCUT2D eigenvalue weighted by atomic mass is 16.8. The van der Waals surface area contributed by atoms with Gasteiger partial charge in [0.05, 0.1) is 23.0 Å². The molecular formula is C29H34N6O2. The molecule has 3 N–H and O–H groups in total. The van der Waals surface area contributed by atoms with Crippen molar-refractivity contribution in [1.29, 1.82) is 0 Å². The van der Waals surface area contributed by atoms with E-state index in [2.05, 4.69) is 56.4 Å². The number of hydrogen-bond acceptors (Lipinski definition) is 7. The molecule has 1 saturated heterocycles. The van der Waals surface area contributed by atoms with Crippen LogP contribution in [0.1, 0.15) is 51.1 Å². The van der Waals surface area contributed by atoms with Crippen LogP contribution in [0.3, 0.4) is 0 Å². The second-order valence-corrected chi connectivity index (χ2v) is 11.4. The summed E-state index contributed by atoms with van der Waals surface area (Å²) in [6, 6.07) is 13.1. The van der Waals surface area contributed by atoms with Crippen LogP contribution in [-0.4, -0.2) is 44.1 Å². The fraction of sp³-hybridized carbons (Fsp3) is 0.483. The molecule has 8 heteroatoms. The molecule has 2 saturated carbocycles. The van der Waals surface area contributed by atoms with Crippen LogP contribution in [0.2, 0.25) is 0 Å². The van der Waals surface area contributed by atoms with Crippen LogP contribution in [-0.2, 0) is 15.9 Å². The van der Waals surface area contributed by atoms with Crippen LogP contribution in [0.5, 0.6) is 0 Å². The lowest BCUT2D eigenvalue weighted by Crippen LogP contribution is -2.27. The number of aryl methyl sites for hydroxylation is 1. The number of ether oxygens (including phenoxy) is 2. The molecule has 0 spiro atoms. The Morgan fingerprint density at radius 1 is 1.08 bits per heavy atom. The minimum Gasteiger partial charge on any atom is -0.383 e. The summed E-state index contributed by atoms with van der Waals surface area (Å²) in [6.07, 6.45) is 9.28. The molecule has 192 valence electrons. The van der Waals surface area contributed by atoms with Crippen LogP contribution in [0.15, 0.2) is 48.9 Å². The maximum absolute atomic E-state index is 6.46. The summed E-state index contributed by atoms with van der Waals surface area (Å²) in [6.45, 7) is 5.05. The largest absolute Gasteiger partial charge is 0.383 e. The van der Waals surface area contributed by atoms with E-state index in [-0.39, 0.29) is 18.2 Å². The number of aromatic nitrogens is 4. The minimum atomic E-state index is -0.597. The van der Waals surface area contributed by atoms with Crippen molar-refractivity contribution in [3.8, 4) is 0 Å². The molecule has 0 amide bonds. The van der Waals surface area contributed by atoms with Gasteiger partial charge in [0.1, 0.15) is 29.7 Å². The number of fused-ring (bicyclic) bond motifs is 3. The van der Waals surface area contributed by atoms with Crippen molar-refractivity contribution in [2.75, 3.05) is 17.6 Å². The van der Waals surface area contributed by atoms with E-state index in [4.69, 9.17) is 20.2 Å². The molecule has 1 aliphatic heterocycles. The maximum Gasteiger partial charge on any atom is 0.163 e. The van der Waals surface area contributed by atoms with Gasteiger partial charge in [-0.2, -0.15) is 0 Å². The average Bonchev–Trinajstić information content (AvgIpc) is 3.41. The molecule has 0 bridgehead atoms. The molecular weight excluding hydrogens is 464 g/mol. The zero-order valence-electron chi connectivity index (χ0n) is 21.4. The molecule has 3 aromatic heterocycles. The topological polar surface area (TPSA) is 100 Å². The highest BCUT2D eigenvalue weighted by Gasteiger charge is 2.54. The van der Waals surface area contributed by atoms with E-state index in [0.717, 1.165) is 54.1 Å². The normalized spacial score (nSPS) is 26.6. The summed E-state index contributed by atoms with van der Waals surface area (Å²) in [5, 5.41) is 5.56. The third kappa shape index (κ3) is 4.32. The van der Waals surface area contributed by atoms with Crippen molar-refractivity contribution in [2.45, 2.75) is 70.0 Å². The summed E-state index contributed by atoms with van der Waals surface area (Å²) in [7, 11) is 0. The Morgan fingerprint density at radius 3 is 2.78 bits per heavy atom.